The van der Waals surface area contributed by atoms with E-state index in [0.717, 1.165) is 11.4 Å². The van der Waals surface area contributed by atoms with Crippen LogP contribution in [0.25, 0.3) is 5.69 Å². The lowest BCUT2D eigenvalue weighted by Gasteiger charge is -2.06. The minimum atomic E-state index is -0.485. The van der Waals surface area contributed by atoms with E-state index < -0.39 is 4.92 Å². The fourth-order valence-electron chi connectivity index (χ4n) is 1.79. The number of hydrogen-bond donors (Lipinski definition) is 1. The molecule has 88 valence electrons. The van der Waals surface area contributed by atoms with Crippen LogP contribution in [0.5, 0.6) is 0 Å². The van der Waals surface area contributed by atoms with Gasteiger partial charge in [0.1, 0.15) is 11.4 Å². The molecule has 0 aliphatic heterocycles. The SMILES string of the molecule is Cc1cc(C)n(-c2cccc(N)c2[N+](=O)[O-])n1. The van der Waals surface area contributed by atoms with Gasteiger partial charge in [-0.15, -0.1) is 0 Å². The first kappa shape index (κ1) is 11.1. The van der Waals surface area contributed by atoms with E-state index in [2.05, 4.69) is 5.10 Å². The highest BCUT2D eigenvalue weighted by Crippen LogP contribution is 2.29. The Morgan fingerprint density at radius 1 is 1.41 bits per heavy atom. The van der Waals surface area contributed by atoms with E-state index in [9.17, 15) is 10.1 Å². The van der Waals surface area contributed by atoms with Crippen LogP contribution in [0.3, 0.4) is 0 Å². The van der Waals surface area contributed by atoms with Gasteiger partial charge in [-0.25, -0.2) is 4.68 Å². The number of aromatic nitrogens is 2. The second-order valence-electron chi connectivity index (χ2n) is 3.81. The molecule has 0 saturated carbocycles. The summed E-state index contributed by atoms with van der Waals surface area (Å²) in [5.74, 6) is 0. The second-order valence-corrected chi connectivity index (χ2v) is 3.81. The van der Waals surface area contributed by atoms with Gasteiger partial charge in [0, 0.05) is 5.69 Å². The number of nitrogens with zero attached hydrogens (tertiary/aromatic N) is 3. The fraction of sp³-hybridized carbons (Fsp3) is 0.182. The molecule has 0 atom stereocenters. The van der Waals surface area contributed by atoms with Crippen molar-refractivity contribution in [2.24, 2.45) is 0 Å². The predicted octanol–water partition coefficient (Wildman–Crippen LogP) is 1.98. The quantitative estimate of drug-likeness (QED) is 0.487. The summed E-state index contributed by atoms with van der Waals surface area (Å²) >= 11 is 0. The predicted molar refractivity (Wildman–Crippen MR) is 64.1 cm³/mol. The normalized spacial score (nSPS) is 10.5. The minimum absolute atomic E-state index is 0.112. The van der Waals surface area contributed by atoms with Crippen LogP contribution in [0, 0.1) is 24.0 Å². The third kappa shape index (κ3) is 1.84. The van der Waals surface area contributed by atoms with E-state index in [1.165, 1.54) is 10.7 Å². The highest BCUT2D eigenvalue weighted by atomic mass is 16.6. The van der Waals surface area contributed by atoms with E-state index in [1.54, 1.807) is 12.1 Å². The Morgan fingerprint density at radius 2 is 2.12 bits per heavy atom. The van der Waals surface area contributed by atoms with E-state index in [0.29, 0.717) is 5.69 Å². The molecule has 0 aliphatic carbocycles. The van der Waals surface area contributed by atoms with Gasteiger partial charge in [-0.3, -0.25) is 10.1 Å². The summed E-state index contributed by atoms with van der Waals surface area (Å²) < 4.78 is 1.53. The topological polar surface area (TPSA) is 87.0 Å². The van der Waals surface area contributed by atoms with Crippen molar-refractivity contribution in [2.45, 2.75) is 13.8 Å². The van der Waals surface area contributed by atoms with Gasteiger partial charge < -0.3 is 5.73 Å². The highest BCUT2D eigenvalue weighted by molar-refractivity contribution is 5.68. The van der Waals surface area contributed by atoms with E-state index >= 15 is 0 Å². The van der Waals surface area contributed by atoms with Crippen LogP contribution in [0.2, 0.25) is 0 Å². The van der Waals surface area contributed by atoms with Crippen LogP contribution in [0.1, 0.15) is 11.4 Å². The molecule has 0 saturated heterocycles. The Hall–Kier alpha value is -2.37. The van der Waals surface area contributed by atoms with Crippen LogP contribution >= 0.6 is 0 Å². The fourth-order valence-corrected chi connectivity index (χ4v) is 1.79. The van der Waals surface area contributed by atoms with Crippen molar-refractivity contribution in [3.05, 3.63) is 45.8 Å². The van der Waals surface area contributed by atoms with Crippen LogP contribution in [0.15, 0.2) is 24.3 Å². The van der Waals surface area contributed by atoms with Crippen LogP contribution < -0.4 is 5.73 Å². The molecule has 0 fully saturated rings. The maximum absolute atomic E-state index is 11.0. The summed E-state index contributed by atoms with van der Waals surface area (Å²) in [5, 5.41) is 15.2. The smallest absolute Gasteiger partial charge is 0.317 e. The standard InChI is InChI=1S/C11H12N4O2/c1-7-6-8(2)14(13-7)10-5-3-4-9(12)11(10)15(16)17/h3-6H,12H2,1-2H3. The lowest BCUT2D eigenvalue weighted by molar-refractivity contribution is -0.383. The van der Waals surface area contributed by atoms with Crippen molar-refractivity contribution in [3.8, 4) is 5.69 Å². The van der Waals surface area contributed by atoms with Crippen molar-refractivity contribution in [2.75, 3.05) is 5.73 Å². The summed E-state index contributed by atoms with van der Waals surface area (Å²) in [6.45, 7) is 3.68. The molecule has 6 nitrogen and oxygen atoms in total. The van der Waals surface area contributed by atoms with Crippen molar-refractivity contribution in [3.63, 3.8) is 0 Å². The first-order chi connectivity index (χ1) is 8.00. The van der Waals surface area contributed by atoms with Crippen molar-refractivity contribution >= 4 is 11.4 Å². The van der Waals surface area contributed by atoms with Crippen LogP contribution in [-0.4, -0.2) is 14.7 Å². The molecule has 2 N–H and O–H groups in total. The number of para-hydroxylation sites is 1. The van der Waals surface area contributed by atoms with Crippen molar-refractivity contribution in [1.82, 2.24) is 9.78 Å². The lowest BCUT2D eigenvalue weighted by atomic mass is 10.2. The van der Waals surface area contributed by atoms with Gasteiger partial charge in [0.2, 0.25) is 0 Å². The highest BCUT2D eigenvalue weighted by Gasteiger charge is 2.20. The third-order valence-electron chi connectivity index (χ3n) is 2.47. The van der Waals surface area contributed by atoms with Crippen molar-refractivity contribution < 1.29 is 4.92 Å². The van der Waals surface area contributed by atoms with E-state index in [-0.39, 0.29) is 11.4 Å². The molecule has 2 aromatic rings. The lowest BCUT2D eigenvalue weighted by Crippen LogP contribution is -2.05. The maximum Gasteiger partial charge on any atom is 0.317 e. The Kier molecular flexibility index (Phi) is 2.55. The summed E-state index contributed by atoms with van der Waals surface area (Å²) in [6, 6.07) is 6.67. The Bertz CT molecular complexity index is 589. The summed E-state index contributed by atoms with van der Waals surface area (Å²) in [7, 11) is 0. The zero-order chi connectivity index (χ0) is 12.6. The first-order valence-corrected chi connectivity index (χ1v) is 5.07. The molecular formula is C11H12N4O2. The zero-order valence-electron chi connectivity index (χ0n) is 9.54. The number of aryl methyl sites for hydroxylation is 2. The molecule has 1 aromatic carbocycles. The number of rotatable bonds is 2. The number of benzene rings is 1. The number of nitro benzene ring substituents is 1. The molecule has 0 aliphatic rings. The van der Waals surface area contributed by atoms with Gasteiger partial charge in [0.25, 0.3) is 0 Å². The van der Waals surface area contributed by atoms with E-state index in [4.69, 9.17) is 5.73 Å². The van der Waals surface area contributed by atoms with Gasteiger partial charge in [0.05, 0.1) is 10.6 Å². The molecule has 0 radical (unpaired) electrons. The maximum atomic E-state index is 11.0. The number of nitrogen functional groups attached to an aromatic ring is 1. The molecular weight excluding hydrogens is 220 g/mol. The molecule has 2 rings (SSSR count). The molecule has 0 spiro atoms. The van der Waals surface area contributed by atoms with Crippen LogP contribution in [0.4, 0.5) is 11.4 Å². The number of anilines is 1. The average molecular weight is 232 g/mol. The molecule has 0 unspecified atom stereocenters. The van der Waals surface area contributed by atoms with Gasteiger partial charge in [0.15, 0.2) is 0 Å². The zero-order valence-corrected chi connectivity index (χ0v) is 9.54. The molecule has 0 bridgehead atoms. The first-order valence-electron chi connectivity index (χ1n) is 5.07. The summed E-state index contributed by atoms with van der Waals surface area (Å²) in [4.78, 5) is 10.5. The Labute approximate surface area is 97.8 Å². The number of nitro groups is 1. The van der Waals surface area contributed by atoms with E-state index in [1.807, 2.05) is 19.9 Å². The number of nitrogens with two attached hydrogens (primary N) is 1. The molecule has 1 heterocycles. The molecule has 17 heavy (non-hydrogen) atoms. The monoisotopic (exact) mass is 232 g/mol. The molecule has 1 aromatic heterocycles. The van der Waals surface area contributed by atoms with Gasteiger partial charge in [-0.05, 0) is 32.0 Å². The van der Waals surface area contributed by atoms with Crippen LogP contribution in [-0.2, 0) is 0 Å². The van der Waals surface area contributed by atoms with Gasteiger partial charge in [-0.2, -0.15) is 5.10 Å². The third-order valence-corrected chi connectivity index (χ3v) is 2.47. The van der Waals surface area contributed by atoms with Gasteiger partial charge >= 0.3 is 5.69 Å². The van der Waals surface area contributed by atoms with Gasteiger partial charge in [-0.1, -0.05) is 6.07 Å². The Balaban J connectivity index is 2.71. The Morgan fingerprint density at radius 3 is 2.65 bits per heavy atom. The van der Waals surface area contributed by atoms with Crippen molar-refractivity contribution in [1.29, 1.82) is 0 Å². The number of hydrogen-bond acceptors (Lipinski definition) is 4. The summed E-state index contributed by atoms with van der Waals surface area (Å²) in [5.41, 5.74) is 7.68. The molecule has 6 heteroatoms. The summed E-state index contributed by atoms with van der Waals surface area (Å²) in [6.07, 6.45) is 0. The average Bonchev–Trinajstić information content (AvgIpc) is 2.56. The largest absolute Gasteiger partial charge is 0.393 e. The minimum Gasteiger partial charge on any atom is -0.393 e. The second kappa shape index (κ2) is 3.89. The molecule has 0 amide bonds.